The van der Waals surface area contributed by atoms with E-state index < -0.39 is 40.3 Å². The van der Waals surface area contributed by atoms with Crippen LogP contribution in [0.4, 0.5) is 5.69 Å². The van der Waals surface area contributed by atoms with Gasteiger partial charge in [0.2, 0.25) is 5.91 Å². The zero-order chi connectivity index (χ0) is 31.5. The van der Waals surface area contributed by atoms with Gasteiger partial charge in [-0.3, -0.25) is 19.7 Å². The Morgan fingerprint density at radius 1 is 1.23 bits per heavy atom. The highest BCUT2D eigenvalue weighted by atomic mass is 32.2. The Kier molecular flexibility index (Phi) is 10.5. The maximum atomic E-state index is 13.1. The summed E-state index contributed by atoms with van der Waals surface area (Å²) >= 11 is 1.15. The van der Waals surface area contributed by atoms with Crippen molar-refractivity contribution in [3.8, 4) is 0 Å². The van der Waals surface area contributed by atoms with E-state index in [-0.39, 0.29) is 52.1 Å². The van der Waals surface area contributed by atoms with Gasteiger partial charge in [0.1, 0.15) is 12.1 Å². The Morgan fingerprint density at radius 2 is 1.95 bits per heavy atom. The van der Waals surface area contributed by atoms with Gasteiger partial charge in [-0.25, -0.2) is 4.79 Å². The Hall–Kier alpha value is -2.62. The molecule has 14 heteroatoms. The summed E-state index contributed by atoms with van der Waals surface area (Å²) in [5.74, 6) is -3.70. The molecule has 238 valence electrons. The predicted octanol–water partition coefficient (Wildman–Crippen LogP) is 3.08. The number of carboxylic acid groups (broad SMARTS) is 1. The number of carbonyl (C=O) groups is 3. The Balaban J connectivity index is 1.65. The first-order valence-electron chi connectivity index (χ1n) is 14.6. The molecule has 1 aromatic rings. The molecule has 2 heterocycles. The highest BCUT2D eigenvalue weighted by Crippen LogP contribution is 2.49. The number of ether oxygens (including phenoxy) is 2. The molecule has 2 aliphatic heterocycles. The van der Waals surface area contributed by atoms with Gasteiger partial charge >= 0.3 is 5.97 Å². The van der Waals surface area contributed by atoms with Crippen molar-refractivity contribution in [1.82, 2.24) is 16.1 Å². The molecule has 13 nitrogen and oxygen atoms in total. The number of hydrogen-bond acceptors (Lipinski definition) is 11. The van der Waals surface area contributed by atoms with Crippen LogP contribution in [-0.4, -0.2) is 75.4 Å². The van der Waals surface area contributed by atoms with Gasteiger partial charge in [-0.2, -0.15) is 5.48 Å². The zero-order valence-electron chi connectivity index (χ0n) is 25.2. The smallest absolute Gasteiger partial charge is 0.366 e. The maximum Gasteiger partial charge on any atom is 0.366 e. The number of nitro groups is 1. The molecule has 3 fully saturated rings. The molecular weight excluding hydrogens is 580 g/mol. The topological polar surface area (TPSA) is 178 Å². The van der Waals surface area contributed by atoms with E-state index in [9.17, 15) is 29.6 Å². The quantitative estimate of drug-likeness (QED) is 0.210. The lowest BCUT2D eigenvalue weighted by Crippen LogP contribution is -2.66. The van der Waals surface area contributed by atoms with Gasteiger partial charge in [0.05, 0.1) is 29.7 Å². The minimum atomic E-state index is -2.17. The SMILES string of the molecule is CC(=O)SC1CC(NC(=O)[C@@H]2CCON2)CC1N[C@@H](CC(C)C)C1(C(=O)O)OCC(C)(C)C(c2ccccc2[N+](=O)[O-])O1. The summed E-state index contributed by atoms with van der Waals surface area (Å²) in [5.41, 5.74) is 2.03. The number of para-hydroxylation sites is 1. The number of hydrogen-bond donors (Lipinski definition) is 4. The maximum absolute atomic E-state index is 13.1. The van der Waals surface area contributed by atoms with E-state index in [0.29, 0.717) is 32.3 Å². The van der Waals surface area contributed by atoms with Gasteiger partial charge in [0, 0.05) is 35.7 Å². The van der Waals surface area contributed by atoms with Crippen molar-refractivity contribution >= 4 is 34.4 Å². The Bertz CT molecular complexity index is 1210. The molecule has 1 saturated carbocycles. The fourth-order valence-corrected chi connectivity index (χ4v) is 7.23. The molecule has 7 atom stereocenters. The van der Waals surface area contributed by atoms with Gasteiger partial charge < -0.3 is 30.1 Å². The molecule has 4 rings (SSSR count). The molecule has 43 heavy (non-hydrogen) atoms. The van der Waals surface area contributed by atoms with Crippen LogP contribution in [0, 0.1) is 21.4 Å². The third-order valence-electron chi connectivity index (χ3n) is 8.17. The van der Waals surface area contributed by atoms with Crippen molar-refractivity contribution in [3.05, 3.63) is 39.9 Å². The van der Waals surface area contributed by atoms with Crippen molar-refractivity contribution in [2.45, 2.75) is 102 Å². The highest BCUT2D eigenvalue weighted by Gasteiger charge is 2.58. The van der Waals surface area contributed by atoms with E-state index in [1.165, 1.54) is 13.0 Å². The van der Waals surface area contributed by atoms with Crippen LogP contribution in [0.25, 0.3) is 0 Å². The molecule has 0 spiro atoms. The molecular formula is C29H42N4O9S. The number of carboxylic acids is 1. The molecule has 0 radical (unpaired) electrons. The average Bonchev–Trinajstić information content (AvgIpc) is 3.58. The van der Waals surface area contributed by atoms with Crippen LogP contribution >= 0.6 is 11.8 Å². The molecule has 3 aliphatic rings. The van der Waals surface area contributed by atoms with Crippen LogP contribution in [0.15, 0.2) is 24.3 Å². The minimum absolute atomic E-state index is 0.0182. The van der Waals surface area contributed by atoms with E-state index in [4.69, 9.17) is 14.3 Å². The van der Waals surface area contributed by atoms with Crippen molar-refractivity contribution in [1.29, 1.82) is 0 Å². The van der Waals surface area contributed by atoms with Crippen molar-refractivity contribution < 1.29 is 38.7 Å². The Labute approximate surface area is 255 Å². The van der Waals surface area contributed by atoms with E-state index in [0.717, 1.165) is 11.8 Å². The number of amides is 1. The molecule has 1 aliphatic carbocycles. The second kappa shape index (κ2) is 13.6. The third-order valence-corrected chi connectivity index (χ3v) is 9.33. The fourth-order valence-electron chi connectivity index (χ4n) is 6.12. The normalized spacial score (nSPS) is 31.1. The summed E-state index contributed by atoms with van der Waals surface area (Å²) in [5, 5.41) is 28.8. The fraction of sp³-hybridized carbons (Fsp3) is 0.690. The number of aliphatic carboxylic acids is 1. The van der Waals surface area contributed by atoms with Crippen LogP contribution in [-0.2, 0) is 28.7 Å². The number of nitrogens with one attached hydrogen (secondary N) is 3. The van der Waals surface area contributed by atoms with E-state index in [1.54, 1.807) is 18.2 Å². The second-order valence-corrected chi connectivity index (χ2v) is 14.1. The second-order valence-electron chi connectivity index (χ2n) is 12.7. The van der Waals surface area contributed by atoms with E-state index in [1.807, 2.05) is 27.7 Å². The summed E-state index contributed by atoms with van der Waals surface area (Å²) in [6.07, 6.45) is 0.881. The average molecular weight is 623 g/mol. The van der Waals surface area contributed by atoms with Gasteiger partial charge in [-0.15, -0.1) is 0 Å². The third kappa shape index (κ3) is 7.55. The lowest BCUT2D eigenvalue weighted by Gasteiger charge is -2.50. The summed E-state index contributed by atoms with van der Waals surface area (Å²) in [6, 6.07) is 4.22. The molecule has 0 aromatic heterocycles. The number of nitro benzene ring substituents is 1. The number of nitrogens with zero attached hydrogens (tertiary/aromatic N) is 1. The van der Waals surface area contributed by atoms with Gasteiger partial charge in [-0.05, 0) is 37.7 Å². The molecule has 4 N–H and O–H groups in total. The number of hydroxylamine groups is 1. The first kappa shape index (κ1) is 33.3. The van der Waals surface area contributed by atoms with Crippen LogP contribution in [0.1, 0.15) is 72.0 Å². The lowest BCUT2D eigenvalue weighted by molar-refractivity contribution is -0.389. The monoisotopic (exact) mass is 622 g/mol. The van der Waals surface area contributed by atoms with Gasteiger partial charge in [-0.1, -0.05) is 51.6 Å². The number of thioether (sulfide) groups is 1. The summed E-state index contributed by atoms with van der Waals surface area (Å²) < 4.78 is 12.5. The number of benzene rings is 1. The number of rotatable bonds is 11. The van der Waals surface area contributed by atoms with Crippen molar-refractivity contribution in [2.75, 3.05) is 13.2 Å². The number of carbonyl (C=O) groups excluding carboxylic acids is 2. The van der Waals surface area contributed by atoms with Crippen LogP contribution in [0.5, 0.6) is 0 Å². The largest absolute Gasteiger partial charge is 0.477 e. The first-order valence-corrected chi connectivity index (χ1v) is 15.5. The molecule has 1 aromatic carbocycles. The predicted molar refractivity (Wildman–Crippen MR) is 158 cm³/mol. The molecule has 2 saturated heterocycles. The van der Waals surface area contributed by atoms with Gasteiger partial charge in [0.25, 0.3) is 11.5 Å². The highest BCUT2D eigenvalue weighted by molar-refractivity contribution is 8.14. The summed E-state index contributed by atoms with van der Waals surface area (Å²) in [4.78, 5) is 54.6. The molecule has 1 amide bonds. The Morgan fingerprint density at radius 3 is 2.56 bits per heavy atom. The minimum Gasteiger partial charge on any atom is -0.477 e. The lowest BCUT2D eigenvalue weighted by atomic mass is 9.80. The van der Waals surface area contributed by atoms with Crippen molar-refractivity contribution in [3.63, 3.8) is 0 Å². The molecule has 0 bridgehead atoms. The summed E-state index contributed by atoms with van der Waals surface area (Å²) in [7, 11) is 0. The first-order chi connectivity index (χ1) is 20.2. The summed E-state index contributed by atoms with van der Waals surface area (Å²) in [6.45, 7) is 9.42. The van der Waals surface area contributed by atoms with Crippen LogP contribution < -0.4 is 16.1 Å². The van der Waals surface area contributed by atoms with Crippen LogP contribution in [0.2, 0.25) is 0 Å². The zero-order valence-corrected chi connectivity index (χ0v) is 26.0. The van der Waals surface area contributed by atoms with Gasteiger partial charge in [0.15, 0.2) is 5.12 Å². The van der Waals surface area contributed by atoms with Crippen molar-refractivity contribution in [2.24, 2.45) is 11.3 Å². The van der Waals surface area contributed by atoms with E-state index in [2.05, 4.69) is 16.1 Å². The van der Waals surface area contributed by atoms with Crippen LogP contribution in [0.3, 0.4) is 0 Å². The standard InChI is InChI=1S/C29H42N4O9S/c1-16(2)12-24(31-21-13-18(14-23(21)43-17(3)34)30-26(35)20-10-11-41-32-20)29(27(36)37)40-15-28(4,5)25(42-29)19-8-6-7-9-22(19)33(38)39/h6-9,16,18,20-21,23-25,31-32H,10-15H2,1-5H3,(H,30,35)(H,36,37)/t18?,20-,21?,23?,24-,25?,29?/m0/s1. The van der Waals surface area contributed by atoms with E-state index >= 15 is 0 Å². The molecule has 5 unspecified atom stereocenters.